The lowest BCUT2D eigenvalue weighted by atomic mass is 10.1. The van der Waals surface area contributed by atoms with Gasteiger partial charge in [0.1, 0.15) is 5.65 Å². The fourth-order valence-corrected chi connectivity index (χ4v) is 2.97. The second-order valence-electron chi connectivity index (χ2n) is 6.21. The van der Waals surface area contributed by atoms with Crippen molar-refractivity contribution >= 4 is 34.7 Å². The van der Waals surface area contributed by atoms with Crippen molar-refractivity contribution in [3.05, 3.63) is 83.6 Å². The molecule has 2 heterocycles. The molecule has 0 radical (unpaired) electrons. The van der Waals surface area contributed by atoms with Crippen LogP contribution in [0.1, 0.15) is 5.56 Å². The minimum atomic E-state index is -0.312. The molecule has 4 rings (SSSR count). The van der Waals surface area contributed by atoms with Crippen molar-refractivity contribution in [2.75, 3.05) is 10.6 Å². The minimum absolute atomic E-state index is 0.312. The highest BCUT2D eigenvalue weighted by molar-refractivity contribution is 6.30. The van der Waals surface area contributed by atoms with E-state index in [1.165, 1.54) is 0 Å². The lowest BCUT2D eigenvalue weighted by Gasteiger charge is -2.08. The molecule has 0 spiro atoms. The summed E-state index contributed by atoms with van der Waals surface area (Å²) in [6.45, 7) is 2.04. The first-order chi connectivity index (χ1) is 13.1. The number of carbonyl (C=O) groups is 1. The summed E-state index contributed by atoms with van der Waals surface area (Å²) in [6, 6.07) is 18.3. The standard InChI is InChI=1S/C21H17ClN4O/c1-14-3-2-12-26-13-19(25-20(14)26)15-4-8-17(9-5-15)23-21(27)24-18-10-6-16(22)7-11-18/h2-13H,1H3,(H2,23,24,27). The highest BCUT2D eigenvalue weighted by Gasteiger charge is 2.07. The molecule has 0 aliphatic rings. The number of nitrogens with one attached hydrogen (secondary N) is 2. The van der Waals surface area contributed by atoms with Gasteiger partial charge < -0.3 is 15.0 Å². The average molecular weight is 377 g/mol. The van der Waals surface area contributed by atoms with Crippen LogP contribution < -0.4 is 10.6 Å². The summed E-state index contributed by atoms with van der Waals surface area (Å²) in [5.74, 6) is 0. The SMILES string of the molecule is Cc1cccn2cc(-c3ccc(NC(=O)Nc4ccc(Cl)cc4)cc3)nc12. The Morgan fingerprint density at radius 1 is 0.963 bits per heavy atom. The van der Waals surface area contributed by atoms with Gasteiger partial charge in [-0.2, -0.15) is 0 Å². The third kappa shape index (κ3) is 3.78. The molecule has 0 saturated heterocycles. The van der Waals surface area contributed by atoms with Crippen LogP contribution >= 0.6 is 11.6 Å². The van der Waals surface area contributed by atoms with E-state index in [-0.39, 0.29) is 6.03 Å². The third-order valence-corrected chi connectivity index (χ3v) is 4.47. The van der Waals surface area contributed by atoms with Crippen LogP contribution in [-0.2, 0) is 0 Å². The van der Waals surface area contributed by atoms with Crippen LogP contribution in [-0.4, -0.2) is 15.4 Å². The van der Waals surface area contributed by atoms with E-state index in [4.69, 9.17) is 11.6 Å². The zero-order chi connectivity index (χ0) is 18.8. The van der Waals surface area contributed by atoms with Gasteiger partial charge in [0, 0.05) is 34.4 Å². The van der Waals surface area contributed by atoms with Gasteiger partial charge in [0.15, 0.2) is 0 Å². The molecule has 2 N–H and O–H groups in total. The van der Waals surface area contributed by atoms with E-state index in [0.717, 1.165) is 22.5 Å². The molecule has 27 heavy (non-hydrogen) atoms. The van der Waals surface area contributed by atoms with E-state index in [1.54, 1.807) is 24.3 Å². The summed E-state index contributed by atoms with van der Waals surface area (Å²) in [7, 11) is 0. The maximum absolute atomic E-state index is 12.1. The number of carbonyl (C=O) groups excluding carboxylic acids is 1. The first kappa shape index (κ1) is 17.1. The van der Waals surface area contributed by atoms with Gasteiger partial charge >= 0.3 is 6.03 Å². The Bertz CT molecular complexity index is 1100. The predicted octanol–water partition coefficient (Wildman–Crippen LogP) is 5.61. The second kappa shape index (κ2) is 7.13. The molecule has 2 amide bonds. The van der Waals surface area contributed by atoms with Gasteiger partial charge in [0.2, 0.25) is 0 Å². The third-order valence-electron chi connectivity index (χ3n) is 4.22. The number of hydrogen-bond donors (Lipinski definition) is 2. The topological polar surface area (TPSA) is 58.4 Å². The van der Waals surface area contributed by atoms with Crippen molar-refractivity contribution < 1.29 is 4.79 Å². The number of fused-ring (bicyclic) bond motifs is 1. The Morgan fingerprint density at radius 3 is 2.22 bits per heavy atom. The Morgan fingerprint density at radius 2 is 1.59 bits per heavy atom. The van der Waals surface area contributed by atoms with Crippen LogP contribution in [0.2, 0.25) is 5.02 Å². The van der Waals surface area contributed by atoms with Gasteiger partial charge in [0.05, 0.1) is 5.69 Å². The molecule has 6 heteroatoms. The number of anilines is 2. The molecule has 0 fully saturated rings. The van der Waals surface area contributed by atoms with Crippen molar-refractivity contribution in [1.29, 1.82) is 0 Å². The van der Waals surface area contributed by atoms with Crippen LogP contribution in [0.3, 0.4) is 0 Å². The summed E-state index contributed by atoms with van der Waals surface area (Å²) >= 11 is 5.84. The van der Waals surface area contributed by atoms with Crippen molar-refractivity contribution in [3.8, 4) is 11.3 Å². The number of urea groups is 1. The molecule has 4 aromatic rings. The van der Waals surface area contributed by atoms with Crippen LogP contribution in [0.5, 0.6) is 0 Å². The van der Waals surface area contributed by atoms with Gasteiger partial charge in [-0.05, 0) is 55.0 Å². The number of amides is 2. The molecule has 2 aromatic carbocycles. The maximum atomic E-state index is 12.1. The number of halogens is 1. The number of nitrogens with zero attached hydrogens (tertiary/aromatic N) is 2. The maximum Gasteiger partial charge on any atom is 0.323 e. The number of rotatable bonds is 3. The number of benzene rings is 2. The summed E-state index contributed by atoms with van der Waals surface area (Å²) < 4.78 is 2.01. The molecule has 0 atom stereocenters. The highest BCUT2D eigenvalue weighted by Crippen LogP contribution is 2.22. The molecular formula is C21H17ClN4O. The molecule has 134 valence electrons. The molecule has 0 bridgehead atoms. The molecule has 0 aliphatic carbocycles. The van der Waals surface area contributed by atoms with Crippen molar-refractivity contribution in [1.82, 2.24) is 9.38 Å². The van der Waals surface area contributed by atoms with E-state index < -0.39 is 0 Å². The van der Waals surface area contributed by atoms with Crippen LogP contribution in [0.15, 0.2) is 73.1 Å². The van der Waals surface area contributed by atoms with Crippen molar-refractivity contribution in [2.24, 2.45) is 0 Å². The quantitative estimate of drug-likeness (QED) is 0.488. The van der Waals surface area contributed by atoms with E-state index in [2.05, 4.69) is 15.6 Å². The fraction of sp³-hybridized carbons (Fsp3) is 0.0476. The first-order valence-corrected chi connectivity index (χ1v) is 8.85. The predicted molar refractivity (Wildman–Crippen MR) is 109 cm³/mol. The zero-order valence-corrected chi connectivity index (χ0v) is 15.4. The molecule has 0 aliphatic heterocycles. The van der Waals surface area contributed by atoms with Gasteiger partial charge in [0.25, 0.3) is 0 Å². The normalized spacial score (nSPS) is 10.7. The Kier molecular flexibility index (Phi) is 4.52. The first-order valence-electron chi connectivity index (χ1n) is 8.47. The summed E-state index contributed by atoms with van der Waals surface area (Å²) in [5.41, 5.74) is 5.32. The minimum Gasteiger partial charge on any atom is -0.308 e. The van der Waals surface area contributed by atoms with Gasteiger partial charge in [-0.15, -0.1) is 0 Å². The number of pyridine rings is 1. The van der Waals surface area contributed by atoms with E-state index >= 15 is 0 Å². The summed E-state index contributed by atoms with van der Waals surface area (Å²) in [5, 5.41) is 6.20. The smallest absolute Gasteiger partial charge is 0.308 e. The lowest BCUT2D eigenvalue weighted by Crippen LogP contribution is -2.19. The largest absolute Gasteiger partial charge is 0.323 e. The van der Waals surface area contributed by atoms with Crippen LogP contribution in [0, 0.1) is 6.92 Å². The Balaban J connectivity index is 1.47. The molecule has 0 unspecified atom stereocenters. The molecule has 2 aromatic heterocycles. The van der Waals surface area contributed by atoms with Crippen molar-refractivity contribution in [2.45, 2.75) is 6.92 Å². The van der Waals surface area contributed by atoms with E-state index in [0.29, 0.717) is 16.4 Å². The molecule has 0 saturated carbocycles. The molecular weight excluding hydrogens is 360 g/mol. The molecule has 5 nitrogen and oxygen atoms in total. The number of aryl methyl sites for hydroxylation is 1. The van der Waals surface area contributed by atoms with Crippen LogP contribution in [0.4, 0.5) is 16.2 Å². The van der Waals surface area contributed by atoms with Gasteiger partial charge in [-0.3, -0.25) is 0 Å². The van der Waals surface area contributed by atoms with Gasteiger partial charge in [-0.1, -0.05) is 29.8 Å². The van der Waals surface area contributed by atoms with E-state index in [1.807, 2.05) is 60.1 Å². The number of aromatic nitrogens is 2. The summed E-state index contributed by atoms with van der Waals surface area (Å²) in [6.07, 6.45) is 3.98. The Labute approximate surface area is 161 Å². The summed E-state index contributed by atoms with van der Waals surface area (Å²) in [4.78, 5) is 16.8. The Hall–Kier alpha value is -3.31. The van der Waals surface area contributed by atoms with E-state index in [9.17, 15) is 4.79 Å². The number of imidazole rings is 1. The fourth-order valence-electron chi connectivity index (χ4n) is 2.84. The zero-order valence-electron chi connectivity index (χ0n) is 14.6. The average Bonchev–Trinajstić information content (AvgIpc) is 3.10. The monoisotopic (exact) mass is 376 g/mol. The van der Waals surface area contributed by atoms with Crippen molar-refractivity contribution in [3.63, 3.8) is 0 Å². The highest BCUT2D eigenvalue weighted by atomic mass is 35.5. The van der Waals surface area contributed by atoms with Gasteiger partial charge in [-0.25, -0.2) is 9.78 Å². The lowest BCUT2D eigenvalue weighted by molar-refractivity contribution is 0.262. The van der Waals surface area contributed by atoms with Crippen LogP contribution in [0.25, 0.3) is 16.9 Å². The number of hydrogen-bond acceptors (Lipinski definition) is 2. The second-order valence-corrected chi connectivity index (χ2v) is 6.65.